The molecule has 12 heavy (non-hydrogen) atoms. The van der Waals surface area contributed by atoms with E-state index in [1.807, 2.05) is 6.92 Å². The molecule has 68 valence electrons. The molecule has 0 saturated carbocycles. The quantitative estimate of drug-likeness (QED) is 0.536. The number of carboxylic acid groups (broad SMARTS) is 1. The monoisotopic (exact) mass is 188 g/mol. The highest BCUT2D eigenvalue weighted by Gasteiger charge is 2.22. The molecule has 0 unspecified atom stereocenters. The van der Waals surface area contributed by atoms with Crippen LogP contribution in [-0.4, -0.2) is 28.3 Å². The molecule has 1 heterocycles. The SMILES string of the molecule is C[C@@H]1C[C@@H](CC(=O)O)NC(=S)N1. The van der Waals surface area contributed by atoms with Crippen LogP contribution in [0.25, 0.3) is 0 Å². The number of hydrogen-bond acceptors (Lipinski definition) is 2. The van der Waals surface area contributed by atoms with E-state index in [1.54, 1.807) is 0 Å². The van der Waals surface area contributed by atoms with Crippen LogP contribution in [0.1, 0.15) is 19.8 Å². The van der Waals surface area contributed by atoms with Gasteiger partial charge in [0.15, 0.2) is 5.11 Å². The fourth-order valence-electron chi connectivity index (χ4n) is 1.34. The smallest absolute Gasteiger partial charge is 0.305 e. The Morgan fingerprint density at radius 3 is 2.92 bits per heavy atom. The van der Waals surface area contributed by atoms with Gasteiger partial charge in [-0.25, -0.2) is 0 Å². The fourth-order valence-corrected chi connectivity index (χ4v) is 1.71. The third-order valence-electron chi connectivity index (χ3n) is 1.77. The summed E-state index contributed by atoms with van der Waals surface area (Å²) in [5.41, 5.74) is 0. The van der Waals surface area contributed by atoms with Crippen molar-refractivity contribution in [3.05, 3.63) is 0 Å². The predicted octanol–water partition coefficient (Wildman–Crippen LogP) is 0.0860. The summed E-state index contributed by atoms with van der Waals surface area (Å²) in [4.78, 5) is 10.4. The van der Waals surface area contributed by atoms with Crippen LogP contribution < -0.4 is 10.6 Å². The summed E-state index contributed by atoms with van der Waals surface area (Å²) in [6.07, 6.45) is 0.929. The van der Waals surface area contributed by atoms with Gasteiger partial charge in [-0.2, -0.15) is 0 Å². The van der Waals surface area contributed by atoms with E-state index in [9.17, 15) is 4.79 Å². The summed E-state index contributed by atoms with van der Waals surface area (Å²) in [5, 5.41) is 15.0. The van der Waals surface area contributed by atoms with E-state index in [0.717, 1.165) is 6.42 Å². The highest BCUT2D eigenvalue weighted by atomic mass is 32.1. The maximum atomic E-state index is 10.4. The summed E-state index contributed by atoms with van der Waals surface area (Å²) in [7, 11) is 0. The Kier molecular flexibility index (Phi) is 2.86. The molecule has 1 rings (SSSR count). The number of hydrogen-bond donors (Lipinski definition) is 3. The summed E-state index contributed by atoms with van der Waals surface area (Å²) in [6, 6.07) is 0.245. The van der Waals surface area contributed by atoms with Gasteiger partial charge in [0.1, 0.15) is 0 Å². The van der Waals surface area contributed by atoms with E-state index < -0.39 is 5.97 Å². The average molecular weight is 188 g/mol. The first-order valence-electron chi connectivity index (χ1n) is 3.86. The topological polar surface area (TPSA) is 61.4 Å². The lowest BCUT2D eigenvalue weighted by molar-refractivity contribution is -0.137. The Hall–Kier alpha value is -0.840. The van der Waals surface area contributed by atoms with Crippen LogP contribution in [0.5, 0.6) is 0 Å². The first-order valence-corrected chi connectivity index (χ1v) is 4.27. The third-order valence-corrected chi connectivity index (χ3v) is 2.01. The van der Waals surface area contributed by atoms with Crippen molar-refractivity contribution in [2.45, 2.75) is 31.8 Å². The molecule has 1 fully saturated rings. The molecular weight excluding hydrogens is 176 g/mol. The van der Waals surface area contributed by atoms with Crippen LogP contribution >= 0.6 is 12.2 Å². The van der Waals surface area contributed by atoms with Crippen molar-refractivity contribution >= 4 is 23.3 Å². The number of carbonyl (C=O) groups is 1. The van der Waals surface area contributed by atoms with Crippen LogP contribution in [0, 0.1) is 0 Å². The summed E-state index contributed by atoms with van der Waals surface area (Å²) in [6.45, 7) is 1.99. The van der Waals surface area contributed by atoms with Crippen molar-refractivity contribution in [2.24, 2.45) is 0 Å². The summed E-state index contributed by atoms with van der Waals surface area (Å²) in [5.74, 6) is -0.788. The van der Waals surface area contributed by atoms with E-state index >= 15 is 0 Å². The molecule has 0 radical (unpaired) electrons. The highest BCUT2D eigenvalue weighted by molar-refractivity contribution is 7.80. The normalized spacial score (nSPS) is 28.9. The minimum absolute atomic E-state index is 0.0220. The molecule has 0 amide bonds. The predicted molar refractivity (Wildman–Crippen MR) is 49.0 cm³/mol. The zero-order chi connectivity index (χ0) is 9.14. The third kappa shape index (κ3) is 2.65. The lowest BCUT2D eigenvalue weighted by Crippen LogP contribution is -2.53. The molecule has 0 aliphatic carbocycles. The van der Waals surface area contributed by atoms with Gasteiger partial charge in [0.2, 0.25) is 0 Å². The van der Waals surface area contributed by atoms with Gasteiger partial charge < -0.3 is 15.7 Å². The molecule has 0 aromatic rings. The number of aliphatic carboxylic acids is 1. The van der Waals surface area contributed by atoms with Gasteiger partial charge in [-0.15, -0.1) is 0 Å². The number of nitrogens with one attached hydrogen (secondary N) is 2. The zero-order valence-corrected chi connectivity index (χ0v) is 7.65. The number of rotatable bonds is 2. The van der Waals surface area contributed by atoms with E-state index in [2.05, 4.69) is 10.6 Å². The average Bonchev–Trinajstić information content (AvgIpc) is 1.81. The van der Waals surface area contributed by atoms with Gasteiger partial charge in [0.05, 0.1) is 6.42 Å². The van der Waals surface area contributed by atoms with E-state index in [0.29, 0.717) is 5.11 Å². The van der Waals surface area contributed by atoms with Crippen LogP contribution in [0.3, 0.4) is 0 Å². The Morgan fingerprint density at radius 2 is 2.42 bits per heavy atom. The van der Waals surface area contributed by atoms with Gasteiger partial charge in [-0.3, -0.25) is 4.79 Å². The first kappa shape index (κ1) is 9.25. The molecule has 0 aromatic carbocycles. The minimum Gasteiger partial charge on any atom is -0.481 e. The lowest BCUT2D eigenvalue weighted by atomic mass is 10.0. The Labute approximate surface area is 76.3 Å². The standard InChI is InChI=1S/C7H12N2O2S/c1-4-2-5(3-6(10)11)9-7(12)8-4/h4-5H,2-3H2,1H3,(H,10,11)(H2,8,9,12)/t4-,5+/m1/s1. The van der Waals surface area contributed by atoms with E-state index in [-0.39, 0.29) is 18.5 Å². The Bertz CT molecular complexity index is 206. The molecule has 0 bridgehead atoms. The summed E-state index contributed by atoms with van der Waals surface area (Å²) >= 11 is 4.90. The molecule has 5 heteroatoms. The van der Waals surface area contributed by atoms with Crippen LogP contribution in [0.15, 0.2) is 0 Å². The van der Waals surface area contributed by atoms with Crippen molar-refractivity contribution in [2.75, 3.05) is 0 Å². The van der Waals surface area contributed by atoms with Crippen LogP contribution in [0.4, 0.5) is 0 Å². The number of thiocarbonyl (C=S) groups is 1. The van der Waals surface area contributed by atoms with Crippen molar-refractivity contribution < 1.29 is 9.90 Å². The van der Waals surface area contributed by atoms with Crippen molar-refractivity contribution in [1.29, 1.82) is 0 Å². The van der Waals surface area contributed by atoms with Gasteiger partial charge in [-0.05, 0) is 25.6 Å². The molecular formula is C7H12N2O2S. The number of carboxylic acids is 1. The maximum Gasteiger partial charge on any atom is 0.305 e. The van der Waals surface area contributed by atoms with E-state index in [1.165, 1.54) is 0 Å². The van der Waals surface area contributed by atoms with Crippen molar-refractivity contribution in [1.82, 2.24) is 10.6 Å². The first-order chi connectivity index (χ1) is 5.58. The van der Waals surface area contributed by atoms with Crippen LogP contribution in [-0.2, 0) is 4.79 Å². The maximum absolute atomic E-state index is 10.4. The van der Waals surface area contributed by atoms with Crippen LogP contribution in [0.2, 0.25) is 0 Å². The second-order valence-electron chi connectivity index (χ2n) is 3.05. The largest absolute Gasteiger partial charge is 0.481 e. The zero-order valence-electron chi connectivity index (χ0n) is 6.83. The van der Waals surface area contributed by atoms with Crippen molar-refractivity contribution in [3.8, 4) is 0 Å². The van der Waals surface area contributed by atoms with Gasteiger partial charge in [-0.1, -0.05) is 0 Å². The molecule has 4 nitrogen and oxygen atoms in total. The molecule has 0 spiro atoms. The Balaban J connectivity index is 2.44. The van der Waals surface area contributed by atoms with Crippen molar-refractivity contribution in [3.63, 3.8) is 0 Å². The molecule has 0 aromatic heterocycles. The minimum atomic E-state index is -0.788. The second kappa shape index (κ2) is 3.71. The fraction of sp³-hybridized carbons (Fsp3) is 0.714. The van der Waals surface area contributed by atoms with Gasteiger partial charge in [0.25, 0.3) is 0 Å². The van der Waals surface area contributed by atoms with Gasteiger partial charge >= 0.3 is 5.97 Å². The highest BCUT2D eigenvalue weighted by Crippen LogP contribution is 2.07. The summed E-state index contributed by atoms with van der Waals surface area (Å²) < 4.78 is 0. The second-order valence-corrected chi connectivity index (χ2v) is 3.46. The Morgan fingerprint density at radius 1 is 1.75 bits per heavy atom. The molecule has 1 aliphatic rings. The lowest BCUT2D eigenvalue weighted by Gasteiger charge is -2.30. The molecule has 3 N–H and O–H groups in total. The van der Waals surface area contributed by atoms with Gasteiger partial charge in [0, 0.05) is 12.1 Å². The molecule has 2 atom stereocenters. The molecule has 1 saturated heterocycles. The molecule has 1 aliphatic heterocycles. The van der Waals surface area contributed by atoms with E-state index in [4.69, 9.17) is 17.3 Å².